The van der Waals surface area contributed by atoms with Gasteiger partial charge in [-0.2, -0.15) is 0 Å². The minimum absolute atomic E-state index is 0.405. The minimum Gasteiger partial charge on any atom is -0.388 e. The molecule has 2 aliphatic heterocycles. The van der Waals surface area contributed by atoms with Crippen LogP contribution in [0.25, 0.3) is 0 Å². The molecular formula is C15H18N2O4. The molecule has 112 valence electrons. The zero-order valence-electron chi connectivity index (χ0n) is 11.9. The number of rotatable bonds is 3. The second-order valence-electron chi connectivity index (χ2n) is 5.71. The lowest BCUT2D eigenvalue weighted by Crippen LogP contribution is -2.45. The molecule has 6 nitrogen and oxygen atoms in total. The van der Waals surface area contributed by atoms with Gasteiger partial charge in [-0.15, -0.1) is 0 Å². The molecule has 1 aromatic carbocycles. The van der Waals surface area contributed by atoms with Gasteiger partial charge in [-0.05, 0) is 18.2 Å². The van der Waals surface area contributed by atoms with Crippen LogP contribution in [-0.2, 0) is 9.53 Å². The number of ether oxygens (including phenoxy) is 1. The molecule has 0 aliphatic carbocycles. The van der Waals surface area contributed by atoms with Gasteiger partial charge in [0, 0.05) is 45.3 Å². The Morgan fingerprint density at radius 3 is 2.76 bits per heavy atom. The predicted molar refractivity (Wildman–Crippen MR) is 77.7 cm³/mol. The van der Waals surface area contributed by atoms with Gasteiger partial charge in [-0.25, -0.2) is 0 Å². The van der Waals surface area contributed by atoms with Crippen LogP contribution in [0.2, 0.25) is 0 Å². The lowest BCUT2D eigenvalue weighted by molar-refractivity contribution is -0.112. The molecule has 0 bridgehead atoms. The minimum atomic E-state index is -0.759. The average Bonchev–Trinajstić information content (AvgIpc) is 2.74. The highest BCUT2D eigenvalue weighted by atomic mass is 16.5. The molecule has 1 aromatic rings. The lowest BCUT2D eigenvalue weighted by atomic mass is 9.93. The molecule has 2 N–H and O–H groups in total. The quantitative estimate of drug-likeness (QED) is 0.805. The molecule has 2 heterocycles. The number of aliphatic hydroxyl groups is 1. The number of ketones is 1. The summed E-state index contributed by atoms with van der Waals surface area (Å²) in [7, 11) is 1.88. The molecule has 3 rings (SSSR count). The molecule has 1 fully saturated rings. The highest BCUT2D eigenvalue weighted by Gasteiger charge is 2.32. The number of anilines is 2. The summed E-state index contributed by atoms with van der Waals surface area (Å²) in [6.07, 6.45) is 1.22. The van der Waals surface area contributed by atoms with Gasteiger partial charge in [0.25, 0.3) is 11.7 Å². The number of carbonyl (C=O) groups is 2. The van der Waals surface area contributed by atoms with Crippen molar-refractivity contribution in [2.24, 2.45) is 0 Å². The number of fused-ring (bicyclic) bond motifs is 1. The van der Waals surface area contributed by atoms with Crippen molar-refractivity contribution < 1.29 is 19.4 Å². The van der Waals surface area contributed by atoms with E-state index in [1.54, 1.807) is 18.2 Å². The molecule has 2 aliphatic rings. The van der Waals surface area contributed by atoms with Gasteiger partial charge in [-0.3, -0.25) is 9.59 Å². The van der Waals surface area contributed by atoms with Crippen molar-refractivity contribution in [2.75, 3.05) is 37.0 Å². The van der Waals surface area contributed by atoms with E-state index in [0.717, 1.165) is 5.69 Å². The third-order valence-corrected chi connectivity index (χ3v) is 4.10. The van der Waals surface area contributed by atoms with Crippen molar-refractivity contribution in [1.82, 2.24) is 0 Å². The summed E-state index contributed by atoms with van der Waals surface area (Å²) in [5, 5.41) is 13.1. The van der Waals surface area contributed by atoms with Gasteiger partial charge in [0.15, 0.2) is 0 Å². The monoisotopic (exact) mass is 290 g/mol. The first-order chi connectivity index (χ1) is 9.98. The Labute approximate surface area is 122 Å². The molecule has 1 amide bonds. The van der Waals surface area contributed by atoms with Crippen LogP contribution in [0.5, 0.6) is 0 Å². The van der Waals surface area contributed by atoms with Crippen molar-refractivity contribution in [3.63, 3.8) is 0 Å². The molecule has 6 heteroatoms. The van der Waals surface area contributed by atoms with Crippen LogP contribution in [0.15, 0.2) is 18.2 Å². The highest BCUT2D eigenvalue weighted by molar-refractivity contribution is 6.51. The number of Topliss-reactive ketones (excluding diaryl/α,β-unsaturated/α-hetero) is 1. The van der Waals surface area contributed by atoms with Crippen molar-refractivity contribution in [3.8, 4) is 0 Å². The number of carbonyl (C=O) groups excluding carboxylic acids is 2. The van der Waals surface area contributed by atoms with Gasteiger partial charge >= 0.3 is 0 Å². The van der Waals surface area contributed by atoms with Crippen LogP contribution in [-0.4, -0.2) is 49.2 Å². The van der Waals surface area contributed by atoms with Crippen molar-refractivity contribution in [1.29, 1.82) is 0 Å². The Morgan fingerprint density at radius 2 is 2.05 bits per heavy atom. The van der Waals surface area contributed by atoms with E-state index in [0.29, 0.717) is 43.9 Å². The summed E-state index contributed by atoms with van der Waals surface area (Å²) < 4.78 is 5.27. The predicted octanol–water partition coefficient (Wildman–Crippen LogP) is 0.799. The number of nitrogens with one attached hydrogen (secondary N) is 1. The Bertz CT molecular complexity index is 593. The second kappa shape index (κ2) is 5.13. The topological polar surface area (TPSA) is 78.9 Å². The van der Waals surface area contributed by atoms with Gasteiger partial charge < -0.3 is 20.1 Å². The van der Waals surface area contributed by atoms with Gasteiger partial charge in [0.1, 0.15) is 0 Å². The third-order valence-electron chi connectivity index (χ3n) is 4.10. The normalized spacial score (nSPS) is 20.1. The van der Waals surface area contributed by atoms with Crippen molar-refractivity contribution in [3.05, 3.63) is 23.8 Å². The summed E-state index contributed by atoms with van der Waals surface area (Å²) in [4.78, 5) is 24.8. The van der Waals surface area contributed by atoms with Crippen molar-refractivity contribution >= 4 is 23.1 Å². The van der Waals surface area contributed by atoms with E-state index in [9.17, 15) is 14.7 Å². The number of amides is 1. The first-order valence-electron chi connectivity index (χ1n) is 6.99. The zero-order valence-corrected chi connectivity index (χ0v) is 11.9. The molecule has 0 aromatic heterocycles. The van der Waals surface area contributed by atoms with Crippen LogP contribution >= 0.6 is 0 Å². The number of nitrogens with zero attached hydrogens (tertiary/aromatic N) is 1. The molecule has 0 radical (unpaired) electrons. The molecule has 1 saturated heterocycles. The lowest BCUT2D eigenvalue weighted by Gasteiger charge is -2.36. The molecule has 0 atom stereocenters. The van der Waals surface area contributed by atoms with Crippen LogP contribution in [0.3, 0.4) is 0 Å². The molecule has 0 saturated carbocycles. The van der Waals surface area contributed by atoms with E-state index in [1.165, 1.54) is 0 Å². The fraction of sp³-hybridized carbons (Fsp3) is 0.467. The Kier molecular flexibility index (Phi) is 3.43. The van der Waals surface area contributed by atoms with Crippen LogP contribution in [0, 0.1) is 0 Å². The Morgan fingerprint density at radius 1 is 1.33 bits per heavy atom. The Balaban J connectivity index is 1.77. The summed E-state index contributed by atoms with van der Waals surface area (Å²) in [6.45, 7) is 1.62. The van der Waals surface area contributed by atoms with E-state index in [4.69, 9.17) is 4.74 Å². The van der Waals surface area contributed by atoms with Gasteiger partial charge in [0.05, 0.1) is 16.9 Å². The van der Waals surface area contributed by atoms with E-state index in [2.05, 4.69) is 5.32 Å². The first-order valence-corrected chi connectivity index (χ1v) is 6.99. The van der Waals surface area contributed by atoms with Gasteiger partial charge in [0.2, 0.25) is 0 Å². The van der Waals surface area contributed by atoms with E-state index in [1.807, 2.05) is 11.9 Å². The maximum atomic E-state index is 11.6. The summed E-state index contributed by atoms with van der Waals surface area (Å²) in [6, 6.07) is 5.20. The van der Waals surface area contributed by atoms with Gasteiger partial charge in [-0.1, -0.05) is 0 Å². The fourth-order valence-corrected chi connectivity index (χ4v) is 2.81. The molecule has 0 spiro atoms. The van der Waals surface area contributed by atoms with Crippen LogP contribution in [0.1, 0.15) is 23.2 Å². The standard InChI is InChI=1S/C15H18N2O4/c1-17(9-15(20)4-6-21-7-5-15)10-2-3-11-12(8-10)16-14(19)13(11)18/h2-3,8,20H,4-7,9H2,1H3,(H,16,18,19). The number of likely N-dealkylation sites (N-methyl/N-ethyl adjacent to an activating group) is 1. The maximum absolute atomic E-state index is 11.6. The fourth-order valence-electron chi connectivity index (χ4n) is 2.81. The summed E-state index contributed by atoms with van der Waals surface area (Å²) in [5.74, 6) is -1.09. The molecular weight excluding hydrogens is 272 g/mol. The molecule has 0 unspecified atom stereocenters. The van der Waals surface area contributed by atoms with E-state index < -0.39 is 17.3 Å². The largest absolute Gasteiger partial charge is 0.388 e. The smallest absolute Gasteiger partial charge is 0.296 e. The zero-order chi connectivity index (χ0) is 15.0. The molecule has 21 heavy (non-hydrogen) atoms. The van der Waals surface area contributed by atoms with E-state index >= 15 is 0 Å². The SMILES string of the molecule is CN(CC1(O)CCOCC1)c1ccc2c(c1)NC(=O)C2=O. The average molecular weight is 290 g/mol. The second-order valence-corrected chi connectivity index (χ2v) is 5.71. The number of benzene rings is 1. The van der Waals surface area contributed by atoms with Crippen LogP contribution < -0.4 is 10.2 Å². The number of hydrogen-bond acceptors (Lipinski definition) is 5. The Hall–Kier alpha value is -1.92. The van der Waals surface area contributed by atoms with Crippen molar-refractivity contribution in [2.45, 2.75) is 18.4 Å². The first kappa shape index (κ1) is 14.0. The summed E-state index contributed by atoms with van der Waals surface area (Å²) >= 11 is 0. The van der Waals surface area contributed by atoms with E-state index in [-0.39, 0.29) is 0 Å². The highest BCUT2D eigenvalue weighted by Crippen LogP contribution is 2.30. The van der Waals surface area contributed by atoms with Crippen LogP contribution in [0.4, 0.5) is 11.4 Å². The maximum Gasteiger partial charge on any atom is 0.296 e. The third kappa shape index (κ3) is 2.64. The summed E-state index contributed by atoms with van der Waals surface area (Å²) in [5.41, 5.74) is 1.03. The number of hydrogen-bond donors (Lipinski definition) is 2.